The van der Waals surface area contributed by atoms with Crippen molar-refractivity contribution in [3.8, 4) is 0 Å². The van der Waals surface area contributed by atoms with Crippen LogP contribution in [0, 0.1) is 0 Å². The van der Waals surface area contributed by atoms with Gasteiger partial charge < -0.3 is 10.6 Å². The molecule has 1 atom stereocenters. The monoisotopic (exact) mass is 408 g/mol. The number of halogens is 2. The van der Waals surface area contributed by atoms with Crippen molar-refractivity contribution < 1.29 is 0 Å². The third kappa shape index (κ3) is 3.11. The van der Waals surface area contributed by atoms with Crippen LogP contribution in [-0.4, -0.2) is 22.4 Å². The lowest BCUT2D eigenvalue weighted by atomic mass is 10.1. The average molecular weight is 410 g/mol. The van der Waals surface area contributed by atoms with E-state index in [4.69, 9.17) is 5.73 Å². The average Bonchev–Trinajstić information content (AvgIpc) is 2.82. The molecule has 6 heteroatoms. The molecule has 21 heavy (non-hydrogen) atoms. The van der Waals surface area contributed by atoms with E-state index in [9.17, 15) is 0 Å². The van der Waals surface area contributed by atoms with E-state index in [0.29, 0.717) is 12.5 Å². The zero-order valence-corrected chi connectivity index (χ0v) is 14.4. The highest BCUT2D eigenvalue weighted by Crippen LogP contribution is 2.32. The van der Waals surface area contributed by atoms with Crippen molar-refractivity contribution in [2.24, 2.45) is 10.7 Å². The summed E-state index contributed by atoms with van der Waals surface area (Å²) in [5, 5.41) is 0. The fraction of sp³-hybridized carbons (Fsp3) is 0.200. The van der Waals surface area contributed by atoms with Crippen LogP contribution in [0.2, 0.25) is 0 Å². The summed E-state index contributed by atoms with van der Waals surface area (Å²) in [6.07, 6.45) is 1.80. The minimum absolute atomic E-state index is 0.0627. The van der Waals surface area contributed by atoms with Crippen molar-refractivity contribution in [2.45, 2.75) is 12.6 Å². The Labute approximate surface area is 140 Å². The van der Waals surface area contributed by atoms with E-state index >= 15 is 0 Å². The second-order valence-electron chi connectivity index (χ2n) is 4.85. The molecule has 2 N–H and O–H groups in total. The van der Waals surface area contributed by atoms with Crippen molar-refractivity contribution >= 4 is 37.8 Å². The van der Waals surface area contributed by atoms with Crippen molar-refractivity contribution in [1.29, 1.82) is 0 Å². The van der Waals surface area contributed by atoms with Gasteiger partial charge in [-0.2, -0.15) is 0 Å². The van der Waals surface area contributed by atoms with Crippen molar-refractivity contribution in [3.63, 3.8) is 0 Å². The zero-order chi connectivity index (χ0) is 14.8. The SMILES string of the molecule is NC1=NCC(c2ncc(Br)cc2Br)N1Cc1ccccc1. The van der Waals surface area contributed by atoms with Gasteiger partial charge in [0.1, 0.15) is 0 Å². The highest BCUT2D eigenvalue weighted by Gasteiger charge is 2.30. The molecule has 0 bridgehead atoms. The van der Waals surface area contributed by atoms with Crippen LogP contribution in [0.15, 0.2) is 56.5 Å². The van der Waals surface area contributed by atoms with Gasteiger partial charge in [0, 0.05) is 21.7 Å². The van der Waals surface area contributed by atoms with Gasteiger partial charge in [0.2, 0.25) is 0 Å². The molecule has 0 saturated carbocycles. The highest BCUT2D eigenvalue weighted by molar-refractivity contribution is 9.11. The maximum absolute atomic E-state index is 6.06. The third-order valence-electron chi connectivity index (χ3n) is 3.44. The fourth-order valence-corrected chi connectivity index (χ4v) is 3.66. The Hall–Kier alpha value is -1.40. The highest BCUT2D eigenvalue weighted by atomic mass is 79.9. The van der Waals surface area contributed by atoms with E-state index in [1.807, 2.05) is 24.3 Å². The Morgan fingerprint density at radius 2 is 2.00 bits per heavy atom. The van der Waals surface area contributed by atoms with Crippen LogP contribution in [0.1, 0.15) is 17.3 Å². The lowest BCUT2D eigenvalue weighted by Gasteiger charge is -2.26. The first kappa shape index (κ1) is 14.5. The summed E-state index contributed by atoms with van der Waals surface area (Å²) in [6.45, 7) is 1.36. The number of rotatable bonds is 3. The molecule has 0 saturated heterocycles. The summed E-state index contributed by atoms with van der Waals surface area (Å²) in [5.74, 6) is 0.570. The van der Waals surface area contributed by atoms with Gasteiger partial charge in [0.25, 0.3) is 0 Å². The molecule has 3 rings (SSSR count). The molecule has 108 valence electrons. The summed E-state index contributed by atoms with van der Waals surface area (Å²) < 4.78 is 1.91. The van der Waals surface area contributed by atoms with Crippen LogP contribution in [0.25, 0.3) is 0 Å². The molecular formula is C15H14Br2N4. The van der Waals surface area contributed by atoms with E-state index in [1.54, 1.807) is 6.20 Å². The summed E-state index contributed by atoms with van der Waals surface area (Å²) in [7, 11) is 0. The lowest BCUT2D eigenvalue weighted by Crippen LogP contribution is -2.36. The molecule has 0 fully saturated rings. The molecular weight excluding hydrogens is 396 g/mol. The normalized spacial score (nSPS) is 17.9. The van der Waals surface area contributed by atoms with E-state index < -0.39 is 0 Å². The van der Waals surface area contributed by atoms with E-state index in [2.05, 4.69) is 58.9 Å². The quantitative estimate of drug-likeness (QED) is 0.844. The standard InChI is InChI=1S/C15H14Br2N4/c16-11-6-12(17)14(19-7-11)13-8-20-15(18)21(13)9-10-4-2-1-3-5-10/h1-7,13H,8-9H2,(H2,18,20). The van der Waals surface area contributed by atoms with E-state index in [1.165, 1.54) is 5.56 Å². The van der Waals surface area contributed by atoms with Crippen LogP contribution >= 0.6 is 31.9 Å². The molecule has 0 aliphatic carbocycles. The van der Waals surface area contributed by atoms with Gasteiger partial charge in [-0.15, -0.1) is 0 Å². The molecule has 1 aliphatic heterocycles. The first-order valence-corrected chi connectivity index (χ1v) is 8.15. The van der Waals surface area contributed by atoms with Crippen LogP contribution in [0.4, 0.5) is 0 Å². The predicted molar refractivity (Wildman–Crippen MR) is 90.9 cm³/mol. The molecule has 0 spiro atoms. The molecule has 1 aliphatic rings. The second kappa shape index (κ2) is 6.15. The number of hydrogen-bond acceptors (Lipinski definition) is 4. The number of nitrogens with zero attached hydrogens (tertiary/aromatic N) is 3. The Kier molecular flexibility index (Phi) is 4.26. The van der Waals surface area contributed by atoms with Crippen LogP contribution in [-0.2, 0) is 6.54 Å². The number of guanidine groups is 1. The fourth-order valence-electron chi connectivity index (χ4n) is 2.40. The zero-order valence-electron chi connectivity index (χ0n) is 11.2. The second-order valence-corrected chi connectivity index (χ2v) is 6.62. The van der Waals surface area contributed by atoms with Gasteiger partial charge >= 0.3 is 0 Å². The maximum Gasteiger partial charge on any atom is 0.192 e. The Morgan fingerprint density at radius 1 is 1.24 bits per heavy atom. The number of aliphatic imine (C=N–C) groups is 1. The minimum atomic E-state index is 0.0627. The lowest BCUT2D eigenvalue weighted by molar-refractivity contribution is 0.333. The predicted octanol–water partition coefficient (Wildman–Crippen LogP) is 3.48. The van der Waals surface area contributed by atoms with Gasteiger partial charge in [-0.25, -0.2) is 0 Å². The molecule has 2 aromatic rings. The molecule has 0 amide bonds. The van der Waals surface area contributed by atoms with E-state index in [-0.39, 0.29) is 6.04 Å². The number of nitrogens with two attached hydrogens (primary N) is 1. The third-order valence-corrected chi connectivity index (χ3v) is 4.51. The summed E-state index contributed by atoms with van der Waals surface area (Å²) in [5.41, 5.74) is 8.22. The van der Waals surface area contributed by atoms with Crippen molar-refractivity contribution in [3.05, 3.63) is 62.8 Å². The molecule has 1 aromatic carbocycles. The summed E-state index contributed by atoms with van der Waals surface area (Å²) in [6, 6.07) is 12.3. The minimum Gasteiger partial charge on any atom is -0.370 e. The molecule has 1 unspecified atom stereocenters. The smallest absolute Gasteiger partial charge is 0.192 e. The van der Waals surface area contributed by atoms with Gasteiger partial charge in [0.15, 0.2) is 5.96 Å². The van der Waals surface area contributed by atoms with Gasteiger partial charge in [-0.05, 0) is 43.5 Å². The number of benzene rings is 1. The topological polar surface area (TPSA) is 54.5 Å². The molecule has 4 nitrogen and oxygen atoms in total. The maximum atomic E-state index is 6.06. The molecule has 0 radical (unpaired) electrons. The first-order chi connectivity index (χ1) is 10.1. The van der Waals surface area contributed by atoms with E-state index in [0.717, 1.165) is 21.2 Å². The Balaban J connectivity index is 1.88. The molecule has 1 aromatic heterocycles. The first-order valence-electron chi connectivity index (χ1n) is 6.56. The van der Waals surface area contributed by atoms with Crippen molar-refractivity contribution in [2.75, 3.05) is 6.54 Å². The summed E-state index contributed by atoms with van der Waals surface area (Å²) >= 11 is 7.01. The van der Waals surface area contributed by atoms with Crippen LogP contribution in [0.3, 0.4) is 0 Å². The van der Waals surface area contributed by atoms with Gasteiger partial charge in [-0.1, -0.05) is 30.3 Å². The van der Waals surface area contributed by atoms with Crippen molar-refractivity contribution in [1.82, 2.24) is 9.88 Å². The largest absolute Gasteiger partial charge is 0.370 e. The Morgan fingerprint density at radius 3 is 2.71 bits per heavy atom. The molecule has 2 heterocycles. The number of aromatic nitrogens is 1. The number of hydrogen-bond donors (Lipinski definition) is 1. The Bertz CT molecular complexity index is 673. The summed E-state index contributed by atoms with van der Waals surface area (Å²) in [4.78, 5) is 11.0. The van der Waals surface area contributed by atoms with Crippen LogP contribution < -0.4 is 5.73 Å². The number of pyridine rings is 1. The van der Waals surface area contributed by atoms with Crippen LogP contribution in [0.5, 0.6) is 0 Å². The van der Waals surface area contributed by atoms with Gasteiger partial charge in [-0.3, -0.25) is 9.98 Å². The van der Waals surface area contributed by atoms with Gasteiger partial charge in [0.05, 0.1) is 18.3 Å².